The molecule has 1 aromatic heterocycles. The third-order valence-electron chi connectivity index (χ3n) is 2.18. The number of carbonyl (C=O) groups is 1. The zero-order valence-electron chi connectivity index (χ0n) is 10.4. The van der Waals surface area contributed by atoms with E-state index in [0.717, 1.165) is 17.9 Å². The van der Waals surface area contributed by atoms with Gasteiger partial charge in [0.15, 0.2) is 0 Å². The number of hydrogen-bond donors (Lipinski definition) is 1. The molecule has 0 aliphatic carbocycles. The predicted octanol–water partition coefficient (Wildman–Crippen LogP) is 1.49. The van der Waals surface area contributed by atoms with Crippen LogP contribution >= 0.6 is 0 Å². The summed E-state index contributed by atoms with van der Waals surface area (Å²) in [5.41, 5.74) is 0.628. The van der Waals surface area contributed by atoms with Gasteiger partial charge >= 0.3 is 0 Å². The van der Waals surface area contributed by atoms with Gasteiger partial charge in [-0.2, -0.15) is 0 Å². The lowest BCUT2D eigenvalue weighted by Crippen LogP contribution is -2.36. The first-order valence-corrected chi connectivity index (χ1v) is 5.46. The molecule has 4 nitrogen and oxygen atoms in total. The Morgan fingerprint density at radius 2 is 2.12 bits per heavy atom. The summed E-state index contributed by atoms with van der Waals surface area (Å²) in [6, 6.07) is 1.87. The molecule has 0 aliphatic heterocycles. The van der Waals surface area contributed by atoms with Gasteiger partial charge in [-0.05, 0) is 13.0 Å². The molecule has 0 aromatic carbocycles. The first-order chi connectivity index (χ1) is 7.39. The topological polar surface area (TPSA) is 54.9 Å². The Morgan fingerprint density at radius 3 is 2.69 bits per heavy atom. The molecule has 0 spiro atoms. The van der Waals surface area contributed by atoms with E-state index < -0.39 is 0 Å². The van der Waals surface area contributed by atoms with Gasteiger partial charge in [-0.3, -0.25) is 4.79 Å². The highest BCUT2D eigenvalue weighted by Crippen LogP contribution is 2.12. The molecule has 0 unspecified atom stereocenters. The van der Waals surface area contributed by atoms with E-state index in [4.69, 9.17) is 0 Å². The summed E-state index contributed by atoms with van der Waals surface area (Å²) >= 11 is 0. The fraction of sp³-hybridized carbons (Fsp3) is 0.583. The summed E-state index contributed by atoms with van der Waals surface area (Å²) in [7, 11) is 0. The maximum absolute atomic E-state index is 11.6. The van der Waals surface area contributed by atoms with Crippen molar-refractivity contribution in [1.82, 2.24) is 15.3 Å². The molecular weight excluding hydrogens is 202 g/mol. The van der Waals surface area contributed by atoms with Crippen molar-refractivity contribution in [2.24, 2.45) is 5.41 Å². The molecule has 16 heavy (non-hydrogen) atoms. The van der Waals surface area contributed by atoms with Gasteiger partial charge < -0.3 is 5.32 Å². The molecular formula is C12H19N3O. The fourth-order valence-corrected chi connectivity index (χ4v) is 1.21. The lowest BCUT2D eigenvalue weighted by Gasteiger charge is -2.17. The molecule has 0 fully saturated rings. The number of nitrogens with one attached hydrogen (secondary N) is 1. The van der Waals surface area contributed by atoms with E-state index in [-0.39, 0.29) is 11.3 Å². The second-order valence-corrected chi connectivity index (χ2v) is 4.85. The van der Waals surface area contributed by atoms with Crippen molar-refractivity contribution in [2.45, 2.75) is 34.1 Å². The van der Waals surface area contributed by atoms with E-state index in [9.17, 15) is 4.79 Å². The van der Waals surface area contributed by atoms with Gasteiger partial charge in [0, 0.05) is 30.3 Å². The first kappa shape index (κ1) is 12.6. The maximum atomic E-state index is 11.6. The minimum atomic E-state index is -0.332. The van der Waals surface area contributed by atoms with Gasteiger partial charge in [0.1, 0.15) is 5.82 Å². The number of amides is 1. The molecule has 1 amide bonds. The van der Waals surface area contributed by atoms with Crippen LogP contribution in [0.5, 0.6) is 0 Å². The van der Waals surface area contributed by atoms with Crippen LogP contribution in [0.1, 0.15) is 32.3 Å². The van der Waals surface area contributed by atoms with E-state index in [1.54, 1.807) is 6.20 Å². The van der Waals surface area contributed by atoms with Gasteiger partial charge in [0.25, 0.3) is 0 Å². The third kappa shape index (κ3) is 3.96. The SMILES string of the molecule is Cc1nccc(CCNC(=O)C(C)(C)C)n1. The number of nitrogens with zero attached hydrogens (tertiary/aromatic N) is 2. The Balaban J connectivity index is 2.39. The quantitative estimate of drug-likeness (QED) is 0.841. The van der Waals surface area contributed by atoms with Crippen LogP contribution in [0.2, 0.25) is 0 Å². The molecule has 1 heterocycles. The molecule has 88 valence electrons. The van der Waals surface area contributed by atoms with Crippen LogP contribution in [-0.4, -0.2) is 22.4 Å². The van der Waals surface area contributed by atoms with Gasteiger partial charge in [0.2, 0.25) is 5.91 Å². The van der Waals surface area contributed by atoms with Crippen LogP contribution in [0.4, 0.5) is 0 Å². The lowest BCUT2D eigenvalue weighted by atomic mass is 9.96. The Bertz CT molecular complexity index is 369. The van der Waals surface area contributed by atoms with E-state index in [1.807, 2.05) is 33.8 Å². The second kappa shape index (κ2) is 5.05. The van der Waals surface area contributed by atoms with E-state index in [2.05, 4.69) is 15.3 Å². The Kier molecular flexibility index (Phi) is 3.99. The zero-order chi connectivity index (χ0) is 12.2. The Labute approximate surface area is 96.5 Å². The van der Waals surface area contributed by atoms with Crippen LogP contribution < -0.4 is 5.32 Å². The van der Waals surface area contributed by atoms with Crippen molar-refractivity contribution < 1.29 is 4.79 Å². The fourth-order valence-electron chi connectivity index (χ4n) is 1.21. The van der Waals surface area contributed by atoms with Crippen LogP contribution in [0.15, 0.2) is 12.3 Å². The lowest BCUT2D eigenvalue weighted by molar-refractivity contribution is -0.128. The Hall–Kier alpha value is -1.45. The smallest absolute Gasteiger partial charge is 0.225 e. The predicted molar refractivity (Wildman–Crippen MR) is 62.9 cm³/mol. The van der Waals surface area contributed by atoms with Crippen molar-refractivity contribution in [3.8, 4) is 0 Å². The highest BCUT2D eigenvalue weighted by molar-refractivity contribution is 5.81. The highest BCUT2D eigenvalue weighted by Gasteiger charge is 2.20. The van der Waals surface area contributed by atoms with Gasteiger partial charge in [-0.1, -0.05) is 20.8 Å². The molecule has 0 radical (unpaired) electrons. The number of hydrogen-bond acceptors (Lipinski definition) is 3. The first-order valence-electron chi connectivity index (χ1n) is 5.46. The van der Waals surface area contributed by atoms with Crippen molar-refractivity contribution >= 4 is 5.91 Å². The number of aromatic nitrogens is 2. The van der Waals surface area contributed by atoms with E-state index >= 15 is 0 Å². The summed E-state index contributed by atoms with van der Waals surface area (Å²) in [5.74, 6) is 0.831. The number of rotatable bonds is 3. The van der Waals surface area contributed by atoms with Crippen LogP contribution in [0.3, 0.4) is 0 Å². The standard InChI is InChI=1S/C12H19N3O/c1-9-13-7-5-10(15-9)6-8-14-11(16)12(2,3)4/h5,7H,6,8H2,1-4H3,(H,14,16). The van der Waals surface area contributed by atoms with Gasteiger partial charge in [0.05, 0.1) is 0 Å². The van der Waals surface area contributed by atoms with Gasteiger partial charge in [-0.25, -0.2) is 9.97 Å². The summed E-state index contributed by atoms with van der Waals surface area (Å²) < 4.78 is 0. The average molecular weight is 221 g/mol. The molecule has 1 aromatic rings. The van der Waals surface area contributed by atoms with Crippen LogP contribution in [-0.2, 0) is 11.2 Å². The maximum Gasteiger partial charge on any atom is 0.225 e. The molecule has 1 rings (SSSR count). The van der Waals surface area contributed by atoms with Crippen molar-refractivity contribution in [3.05, 3.63) is 23.8 Å². The third-order valence-corrected chi connectivity index (χ3v) is 2.18. The van der Waals surface area contributed by atoms with E-state index in [0.29, 0.717) is 6.54 Å². The molecule has 4 heteroatoms. The van der Waals surface area contributed by atoms with Crippen molar-refractivity contribution in [3.63, 3.8) is 0 Å². The molecule has 0 saturated heterocycles. The summed E-state index contributed by atoms with van der Waals surface area (Å²) in [4.78, 5) is 19.9. The summed E-state index contributed by atoms with van der Waals surface area (Å²) in [6.07, 6.45) is 2.48. The van der Waals surface area contributed by atoms with E-state index in [1.165, 1.54) is 0 Å². The molecule has 1 N–H and O–H groups in total. The normalized spacial score (nSPS) is 11.2. The van der Waals surface area contributed by atoms with Crippen LogP contribution in [0.25, 0.3) is 0 Å². The Morgan fingerprint density at radius 1 is 1.44 bits per heavy atom. The molecule has 0 atom stereocenters. The monoisotopic (exact) mass is 221 g/mol. The average Bonchev–Trinajstić information content (AvgIpc) is 2.16. The largest absolute Gasteiger partial charge is 0.355 e. The summed E-state index contributed by atoms with van der Waals surface area (Å²) in [5, 5.41) is 2.89. The number of aryl methyl sites for hydroxylation is 1. The summed E-state index contributed by atoms with van der Waals surface area (Å²) in [6.45, 7) is 8.18. The minimum Gasteiger partial charge on any atom is -0.355 e. The van der Waals surface area contributed by atoms with Crippen LogP contribution in [0, 0.1) is 12.3 Å². The van der Waals surface area contributed by atoms with Crippen molar-refractivity contribution in [2.75, 3.05) is 6.54 Å². The number of carbonyl (C=O) groups excluding carboxylic acids is 1. The molecule has 0 saturated carbocycles. The molecule has 0 aliphatic rings. The second-order valence-electron chi connectivity index (χ2n) is 4.85. The highest BCUT2D eigenvalue weighted by atomic mass is 16.2. The molecule has 0 bridgehead atoms. The van der Waals surface area contributed by atoms with Crippen molar-refractivity contribution in [1.29, 1.82) is 0 Å². The zero-order valence-corrected chi connectivity index (χ0v) is 10.4. The van der Waals surface area contributed by atoms with Gasteiger partial charge in [-0.15, -0.1) is 0 Å². The minimum absolute atomic E-state index is 0.0679.